The zero-order valence-electron chi connectivity index (χ0n) is 13.7. The third-order valence-corrected chi connectivity index (χ3v) is 5.33. The Morgan fingerprint density at radius 3 is 2.43 bits per heavy atom. The summed E-state index contributed by atoms with van der Waals surface area (Å²) in [5, 5.41) is 3.39. The second kappa shape index (κ2) is 8.54. The molecule has 120 valence electrons. The number of rotatable bonds is 9. The number of hydrogen-bond donors (Lipinski definition) is 1. The van der Waals surface area contributed by atoms with Gasteiger partial charge in [0.25, 0.3) is 0 Å². The first-order valence-corrected chi connectivity index (χ1v) is 9.67. The van der Waals surface area contributed by atoms with Gasteiger partial charge in [-0.15, -0.1) is 0 Å². The SMILES string of the molecule is CCCNC(CS(=O)(=O)CCC(C)C)c1ccccc1C. The molecule has 0 aromatic heterocycles. The molecule has 3 nitrogen and oxygen atoms in total. The van der Waals surface area contributed by atoms with Crippen LogP contribution in [-0.2, 0) is 9.84 Å². The first kappa shape index (κ1) is 18.2. The van der Waals surface area contributed by atoms with Crippen molar-refractivity contribution in [2.45, 2.75) is 46.6 Å². The van der Waals surface area contributed by atoms with Crippen LogP contribution >= 0.6 is 0 Å². The van der Waals surface area contributed by atoms with Crippen LogP contribution in [0.1, 0.15) is 50.8 Å². The van der Waals surface area contributed by atoms with E-state index in [1.807, 2.05) is 31.2 Å². The smallest absolute Gasteiger partial charge is 0.152 e. The highest BCUT2D eigenvalue weighted by atomic mass is 32.2. The van der Waals surface area contributed by atoms with Crippen molar-refractivity contribution in [1.82, 2.24) is 5.32 Å². The largest absolute Gasteiger partial charge is 0.309 e. The molecule has 0 fully saturated rings. The van der Waals surface area contributed by atoms with Crippen molar-refractivity contribution < 1.29 is 8.42 Å². The van der Waals surface area contributed by atoms with E-state index in [0.717, 1.165) is 30.5 Å². The molecule has 0 bridgehead atoms. The molecule has 0 aliphatic heterocycles. The highest BCUT2D eigenvalue weighted by Gasteiger charge is 2.21. The van der Waals surface area contributed by atoms with Crippen LogP contribution in [0.25, 0.3) is 0 Å². The zero-order valence-corrected chi connectivity index (χ0v) is 14.5. The van der Waals surface area contributed by atoms with Crippen LogP contribution in [0.4, 0.5) is 0 Å². The van der Waals surface area contributed by atoms with E-state index in [1.165, 1.54) is 0 Å². The molecular weight excluding hydrogens is 282 g/mol. The van der Waals surface area contributed by atoms with Gasteiger partial charge in [-0.25, -0.2) is 8.42 Å². The Balaban J connectivity index is 2.86. The molecule has 21 heavy (non-hydrogen) atoms. The molecule has 0 heterocycles. The minimum Gasteiger partial charge on any atom is -0.309 e. The van der Waals surface area contributed by atoms with Gasteiger partial charge in [-0.1, -0.05) is 45.0 Å². The molecule has 0 aliphatic carbocycles. The van der Waals surface area contributed by atoms with E-state index in [1.54, 1.807) is 0 Å². The summed E-state index contributed by atoms with van der Waals surface area (Å²) in [7, 11) is -3.03. The van der Waals surface area contributed by atoms with Crippen LogP contribution in [0.5, 0.6) is 0 Å². The van der Waals surface area contributed by atoms with Gasteiger partial charge >= 0.3 is 0 Å². The van der Waals surface area contributed by atoms with Crippen LogP contribution in [-0.4, -0.2) is 26.5 Å². The summed E-state index contributed by atoms with van der Waals surface area (Å²) in [4.78, 5) is 0. The summed E-state index contributed by atoms with van der Waals surface area (Å²) >= 11 is 0. The predicted octanol–water partition coefficient (Wildman–Crippen LogP) is 3.50. The van der Waals surface area contributed by atoms with E-state index in [9.17, 15) is 8.42 Å². The average molecular weight is 311 g/mol. The lowest BCUT2D eigenvalue weighted by atomic mass is 10.0. The Hall–Kier alpha value is -0.870. The van der Waals surface area contributed by atoms with Crippen molar-refractivity contribution in [2.75, 3.05) is 18.1 Å². The average Bonchev–Trinajstić information content (AvgIpc) is 2.42. The molecule has 0 aliphatic rings. The molecule has 0 amide bonds. The minimum absolute atomic E-state index is 0.108. The van der Waals surface area contributed by atoms with Crippen molar-refractivity contribution in [2.24, 2.45) is 5.92 Å². The normalized spacial score (nSPS) is 13.6. The lowest BCUT2D eigenvalue weighted by molar-refractivity contribution is 0.537. The molecule has 0 spiro atoms. The molecule has 1 N–H and O–H groups in total. The standard InChI is InChI=1S/C17H29NO2S/c1-5-11-18-17(16-9-7-6-8-15(16)4)13-21(19,20)12-10-14(2)3/h6-9,14,17-18H,5,10-13H2,1-4H3. The molecule has 0 saturated carbocycles. The number of sulfone groups is 1. The molecule has 1 unspecified atom stereocenters. The van der Waals surface area contributed by atoms with Gasteiger partial charge < -0.3 is 5.32 Å². The van der Waals surface area contributed by atoms with E-state index in [4.69, 9.17) is 0 Å². The predicted molar refractivity (Wildman–Crippen MR) is 90.3 cm³/mol. The van der Waals surface area contributed by atoms with Gasteiger partial charge in [0.05, 0.1) is 11.5 Å². The van der Waals surface area contributed by atoms with Gasteiger partial charge in [0.2, 0.25) is 0 Å². The summed E-state index contributed by atoms with van der Waals surface area (Å²) in [6.07, 6.45) is 1.73. The Kier molecular flexibility index (Phi) is 7.40. The fraction of sp³-hybridized carbons (Fsp3) is 0.647. The van der Waals surface area contributed by atoms with Gasteiger partial charge in [-0.3, -0.25) is 0 Å². The molecule has 1 rings (SSSR count). The molecule has 1 atom stereocenters. The van der Waals surface area contributed by atoms with Crippen LogP contribution in [0.15, 0.2) is 24.3 Å². The number of nitrogens with one attached hydrogen (secondary N) is 1. The molecular formula is C17H29NO2S. The van der Waals surface area contributed by atoms with Gasteiger partial charge in [0.1, 0.15) is 0 Å². The molecule has 0 radical (unpaired) electrons. The summed E-state index contributed by atoms with van der Waals surface area (Å²) in [6.45, 7) is 9.08. The zero-order chi connectivity index (χ0) is 15.9. The third-order valence-electron chi connectivity index (χ3n) is 3.63. The van der Waals surface area contributed by atoms with Gasteiger partial charge in [0, 0.05) is 6.04 Å². The van der Waals surface area contributed by atoms with Crippen molar-refractivity contribution >= 4 is 9.84 Å². The fourth-order valence-electron chi connectivity index (χ4n) is 2.31. The second-order valence-electron chi connectivity index (χ2n) is 6.16. The minimum atomic E-state index is -3.03. The lowest BCUT2D eigenvalue weighted by Gasteiger charge is -2.21. The summed E-state index contributed by atoms with van der Waals surface area (Å²) in [6, 6.07) is 7.92. The lowest BCUT2D eigenvalue weighted by Crippen LogP contribution is -2.30. The maximum atomic E-state index is 12.4. The number of benzene rings is 1. The van der Waals surface area contributed by atoms with Crippen LogP contribution < -0.4 is 5.32 Å². The topological polar surface area (TPSA) is 46.2 Å². The fourth-order valence-corrected chi connectivity index (χ4v) is 4.11. The Morgan fingerprint density at radius 2 is 1.86 bits per heavy atom. The quantitative estimate of drug-likeness (QED) is 0.759. The summed E-state index contributed by atoms with van der Waals surface area (Å²) in [5.41, 5.74) is 2.24. The van der Waals surface area contributed by atoms with Gasteiger partial charge in [0.15, 0.2) is 9.84 Å². The Labute approximate surface area is 130 Å². The maximum absolute atomic E-state index is 12.4. The first-order valence-electron chi connectivity index (χ1n) is 7.85. The van der Waals surface area contributed by atoms with Crippen LogP contribution in [0.2, 0.25) is 0 Å². The Morgan fingerprint density at radius 1 is 1.19 bits per heavy atom. The first-order chi connectivity index (χ1) is 9.85. The molecule has 4 heteroatoms. The van der Waals surface area contributed by atoms with E-state index < -0.39 is 9.84 Å². The van der Waals surface area contributed by atoms with Crippen LogP contribution in [0.3, 0.4) is 0 Å². The Bertz CT molecular complexity index is 523. The number of aryl methyl sites for hydroxylation is 1. The van der Waals surface area contributed by atoms with Crippen molar-refractivity contribution in [3.63, 3.8) is 0 Å². The highest BCUT2D eigenvalue weighted by Crippen LogP contribution is 2.20. The van der Waals surface area contributed by atoms with Crippen molar-refractivity contribution in [3.05, 3.63) is 35.4 Å². The van der Waals surface area contributed by atoms with E-state index in [-0.39, 0.29) is 17.5 Å². The van der Waals surface area contributed by atoms with Gasteiger partial charge in [-0.2, -0.15) is 0 Å². The summed E-state index contributed by atoms with van der Waals surface area (Å²) in [5.74, 6) is 0.881. The van der Waals surface area contributed by atoms with E-state index in [0.29, 0.717) is 5.92 Å². The van der Waals surface area contributed by atoms with E-state index >= 15 is 0 Å². The number of hydrogen-bond acceptors (Lipinski definition) is 3. The molecule has 1 aromatic rings. The second-order valence-corrected chi connectivity index (χ2v) is 8.39. The van der Waals surface area contributed by atoms with E-state index in [2.05, 4.69) is 26.1 Å². The van der Waals surface area contributed by atoms with Crippen molar-refractivity contribution in [3.8, 4) is 0 Å². The van der Waals surface area contributed by atoms with Crippen molar-refractivity contribution in [1.29, 1.82) is 0 Å². The summed E-state index contributed by atoms with van der Waals surface area (Å²) < 4.78 is 24.7. The highest BCUT2D eigenvalue weighted by molar-refractivity contribution is 7.91. The van der Waals surface area contributed by atoms with Crippen LogP contribution in [0, 0.1) is 12.8 Å². The maximum Gasteiger partial charge on any atom is 0.152 e. The third kappa shape index (κ3) is 6.62. The monoisotopic (exact) mass is 311 g/mol. The van der Waals surface area contributed by atoms with Gasteiger partial charge in [-0.05, 0) is 43.4 Å². The molecule has 0 saturated heterocycles. The molecule has 1 aromatic carbocycles.